The molecule has 1 saturated carbocycles. The van der Waals surface area contributed by atoms with Crippen molar-refractivity contribution in [3.63, 3.8) is 0 Å². The third-order valence-electron chi connectivity index (χ3n) is 5.31. The Bertz CT molecular complexity index is 906. The molecule has 1 aromatic carbocycles. The molecular formula is C19H23FN6O2. The van der Waals surface area contributed by atoms with Crippen LogP contribution < -0.4 is 16.0 Å². The average molecular weight is 386 g/mol. The monoisotopic (exact) mass is 386 g/mol. The van der Waals surface area contributed by atoms with E-state index in [4.69, 9.17) is 0 Å². The molecule has 2 amide bonds. The fraction of sp³-hybridized carbons (Fsp3) is 0.474. The lowest BCUT2D eigenvalue weighted by molar-refractivity contribution is -0.117. The third-order valence-corrected chi connectivity index (χ3v) is 5.31. The minimum absolute atomic E-state index is 0.0737. The number of carbonyl (C=O) groups is 2. The topological polar surface area (TPSA) is 112 Å². The first kappa shape index (κ1) is 18.4. The maximum atomic E-state index is 14.1. The van der Waals surface area contributed by atoms with Crippen molar-refractivity contribution in [2.75, 3.05) is 17.2 Å². The lowest BCUT2D eigenvalue weighted by Crippen LogP contribution is -2.47. The van der Waals surface area contributed by atoms with Gasteiger partial charge in [0.05, 0.1) is 5.69 Å². The molecule has 0 spiro atoms. The standard InChI is InChI=1S/C19H23FN6O2/c1-10-6-12(20)16-13(7-10)21-9-14(18(27)24-16)22-19(28)17-23-15(25-26-17)8-11-4-2-3-5-11/h6-7,11,14,21H,2-5,8-9H2,1H3,(H,22,28)(H,24,27)(H,23,25,26)/t14-/m0/s1. The predicted octanol–water partition coefficient (Wildman–Crippen LogP) is 2.15. The van der Waals surface area contributed by atoms with Gasteiger partial charge in [-0.2, -0.15) is 0 Å². The Hall–Kier alpha value is -2.97. The van der Waals surface area contributed by atoms with Gasteiger partial charge < -0.3 is 20.9 Å². The zero-order chi connectivity index (χ0) is 19.7. The maximum Gasteiger partial charge on any atom is 0.289 e. The van der Waals surface area contributed by atoms with E-state index in [1.165, 1.54) is 31.7 Å². The summed E-state index contributed by atoms with van der Waals surface area (Å²) in [4.78, 5) is 27.9. The van der Waals surface area contributed by atoms with Crippen LogP contribution in [-0.4, -0.2) is 39.6 Å². The van der Waals surface area contributed by atoms with Crippen LogP contribution in [0.3, 0.4) is 0 Å². The van der Waals surface area contributed by atoms with Gasteiger partial charge in [-0.05, 0) is 30.5 Å². The molecule has 0 bridgehead atoms. The van der Waals surface area contributed by atoms with E-state index in [1.807, 2.05) is 0 Å². The van der Waals surface area contributed by atoms with E-state index in [0.717, 1.165) is 12.0 Å². The third kappa shape index (κ3) is 3.83. The van der Waals surface area contributed by atoms with Gasteiger partial charge in [0, 0.05) is 13.0 Å². The van der Waals surface area contributed by atoms with E-state index in [1.54, 1.807) is 13.0 Å². The van der Waals surface area contributed by atoms with E-state index < -0.39 is 23.7 Å². The number of aromatic amines is 1. The molecule has 0 unspecified atom stereocenters. The van der Waals surface area contributed by atoms with Gasteiger partial charge in [0.15, 0.2) is 0 Å². The van der Waals surface area contributed by atoms with Gasteiger partial charge in [0.2, 0.25) is 11.7 Å². The minimum atomic E-state index is -0.872. The molecule has 28 heavy (non-hydrogen) atoms. The molecule has 1 atom stereocenters. The van der Waals surface area contributed by atoms with Gasteiger partial charge >= 0.3 is 0 Å². The highest BCUT2D eigenvalue weighted by atomic mass is 19.1. The lowest BCUT2D eigenvalue weighted by Gasteiger charge is -2.14. The number of hydrogen-bond acceptors (Lipinski definition) is 5. The van der Waals surface area contributed by atoms with Gasteiger partial charge in [0.1, 0.15) is 23.4 Å². The van der Waals surface area contributed by atoms with Crippen molar-refractivity contribution in [3.8, 4) is 0 Å². The van der Waals surface area contributed by atoms with Gasteiger partial charge in [-0.3, -0.25) is 9.59 Å². The number of halogens is 1. The van der Waals surface area contributed by atoms with Crippen LogP contribution in [0.15, 0.2) is 12.1 Å². The molecule has 9 heteroatoms. The second-order valence-corrected chi connectivity index (χ2v) is 7.54. The molecule has 4 N–H and O–H groups in total. The van der Waals surface area contributed by atoms with Crippen LogP contribution in [0.2, 0.25) is 0 Å². The summed E-state index contributed by atoms with van der Waals surface area (Å²) in [6, 6.07) is 2.22. The molecule has 0 saturated heterocycles. The Morgan fingerprint density at radius 2 is 2.07 bits per heavy atom. The average Bonchev–Trinajstić information content (AvgIpc) is 3.30. The number of benzene rings is 1. The first-order valence-corrected chi connectivity index (χ1v) is 9.57. The molecule has 8 nitrogen and oxygen atoms in total. The normalized spacial score (nSPS) is 19.5. The highest BCUT2D eigenvalue weighted by Crippen LogP contribution is 2.29. The summed E-state index contributed by atoms with van der Waals surface area (Å²) in [7, 11) is 0. The van der Waals surface area contributed by atoms with Crippen molar-refractivity contribution < 1.29 is 14.0 Å². The zero-order valence-electron chi connectivity index (χ0n) is 15.6. The smallest absolute Gasteiger partial charge is 0.289 e. The highest BCUT2D eigenvalue weighted by molar-refractivity contribution is 6.03. The summed E-state index contributed by atoms with van der Waals surface area (Å²) in [5.74, 6) is -0.190. The van der Waals surface area contributed by atoms with Crippen molar-refractivity contribution >= 4 is 23.2 Å². The number of amides is 2. The van der Waals surface area contributed by atoms with Crippen molar-refractivity contribution in [3.05, 3.63) is 35.2 Å². The van der Waals surface area contributed by atoms with E-state index in [2.05, 4.69) is 31.1 Å². The van der Waals surface area contributed by atoms with Gasteiger partial charge in [0.25, 0.3) is 5.91 Å². The number of H-pyrrole nitrogens is 1. The Morgan fingerprint density at radius 1 is 1.29 bits per heavy atom. The molecule has 2 aliphatic rings. The van der Waals surface area contributed by atoms with Crippen LogP contribution in [0.25, 0.3) is 0 Å². The van der Waals surface area contributed by atoms with Crippen molar-refractivity contribution in [1.82, 2.24) is 20.5 Å². The summed E-state index contributed by atoms with van der Waals surface area (Å²) in [6.07, 6.45) is 5.59. The van der Waals surface area contributed by atoms with Crippen LogP contribution in [-0.2, 0) is 11.2 Å². The Balaban J connectivity index is 1.41. The first-order valence-electron chi connectivity index (χ1n) is 9.57. The van der Waals surface area contributed by atoms with Crippen LogP contribution in [0.5, 0.6) is 0 Å². The van der Waals surface area contributed by atoms with Crippen LogP contribution in [0, 0.1) is 18.7 Å². The largest absolute Gasteiger partial charge is 0.381 e. The number of rotatable bonds is 4. The molecule has 0 radical (unpaired) electrons. The molecule has 1 aliphatic heterocycles. The number of carbonyl (C=O) groups excluding carboxylic acids is 2. The second kappa shape index (κ2) is 7.57. The van der Waals surface area contributed by atoms with Gasteiger partial charge in [-0.1, -0.05) is 25.7 Å². The molecule has 2 heterocycles. The fourth-order valence-corrected chi connectivity index (χ4v) is 3.85. The number of fused-ring (bicyclic) bond motifs is 1. The number of nitrogens with one attached hydrogen (secondary N) is 4. The molecule has 4 rings (SSSR count). The first-order chi connectivity index (χ1) is 13.5. The number of anilines is 2. The summed E-state index contributed by atoms with van der Waals surface area (Å²) in [5, 5.41) is 16.1. The number of nitrogens with zero attached hydrogens (tertiary/aromatic N) is 2. The van der Waals surface area contributed by atoms with Gasteiger partial charge in [-0.25, -0.2) is 4.39 Å². The molecule has 1 aromatic heterocycles. The van der Waals surface area contributed by atoms with Crippen LogP contribution >= 0.6 is 0 Å². The minimum Gasteiger partial charge on any atom is -0.381 e. The summed E-state index contributed by atoms with van der Waals surface area (Å²) in [5.41, 5.74) is 1.31. The summed E-state index contributed by atoms with van der Waals surface area (Å²) in [6.45, 7) is 1.90. The summed E-state index contributed by atoms with van der Waals surface area (Å²) >= 11 is 0. The molecular weight excluding hydrogens is 363 g/mol. The second-order valence-electron chi connectivity index (χ2n) is 7.54. The fourth-order valence-electron chi connectivity index (χ4n) is 3.85. The Kier molecular flexibility index (Phi) is 4.97. The van der Waals surface area contributed by atoms with E-state index >= 15 is 0 Å². The summed E-state index contributed by atoms with van der Waals surface area (Å²) < 4.78 is 14.1. The van der Waals surface area contributed by atoms with Crippen LogP contribution in [0.1, 0.15) is 47.7 Å². The van der Waals surface area contributed by atoms with E-state index in [9.17, 15) is 14.0 Å². The Labute approximate surface area is 161 Å². The zero-order valence-corrected chi connectivity index (χ0v) is 15.6. The lowest BCUT2D eigenvalue weighted by atomic mass is 10.0. The molecule has 2 aromatic rings. The predicted molar refractivity (Wildman–Crippen MR) is 102 cm³/mol. The van der Waals surface area contributed by atoms with Crippen molar-refractivity contribution in [2.24, 2.45) is 5.92 Å². The van der Waals surface area contributed by atoms with E-state index in [-0.39, 0.29) is 18.1 Å². The van der Waals surface area contributed by atoms with Crippen molar-refractivity contribution in [1.29, 1.82) is 0 Å². The van der Waals surface area contributed by atoms with Crippen molar-refractivity contribution in [2.45, 2.75) is 45.1 Å². The quantitative estimate of drug-likeness (QED) is 0.643. The molecule has 148 valence electrons. The van der Waals surface area contributed by atoms with Gasteiger partial charge in [-0.15, -0.1) is 10.2 Å². The van der Waals surface area contributed by atoms with Crippen LogP contribution in [0.4, 0.5) is 15.8 Å². The highest BCUT2D eigenvalue weighted by Gasteiger charge is 2.28. The number of hydrogen-bond donors (Lipinski definition) is 4. The number of aromatic nitrogens is 3. The SMILES string of the molecule is Cc1cc(F)c2c(c1)NC[C@H](NC(=O)c1nnc(CC3CCCC3)[nH]1)C(=O)N2. The molecule has 1 fully saturated rings. The molecule has 1 aliphatic carbocycles. The van der Waals surface area contributed by atoms with E-state index in [0.29, 0.717) is 17.4 Å². The Morgan fingerprint density at radius 3 is 2.86 bits per heavy atom. The maximum absolute atomic E-state index is 14.1. The number of aryl methyl sites for hydroxylation is 1.